The van der Waals surface area contributed by atoms with Gasteiger partial charge in [-0.3, -0.25) is 4.57 Å². The molecule has 0 heterocycles. The summed E-state index contributed by atoms with van der Waals surface area (Å²) in [6, 6.07) is 12.8. The van der Waals surface area contributed by atoms with Crippen LogP contribution in [0, 0.1) is 19.8 Å². The molecule has 34 heavy (non-hydrogen) atoms. The van der Waals surface area contributed by atoms with Crippen molar-refractivity contribution in [3.63, 3.8) is 0 Å². The molecule has 0 spiro atoms. The molecule has 2 aromatic rings. The molecule has 0 bridgehead atoms. The van der Waals surface area contributed by atoms with Gasteiger partial charge in [-0.25, -0.2) is 0 Å². The summed E-state index contributed by atoms with van der Waals surface area (Å²) in [6.07, 6.45) is 10.1. The Kier molecular flexibility index (Phi) is 12.7. The first-order chi connectivity index (χ1) is 16.2. The predicted molar refractivity (Wildman–Crippen MR) is 143 cm³/mol. The van der Waals surface area contributed by atoms with E-state index < -0.39 is 7.60 Å². The number of hydrogen-bond donors (Lipinski definition) is 2. The minimum atomic E-state index is -3.88. The number of rotatable bonds is 16. The average Bonchev–Trinajstić information content (AvgIpc) is 2.77. The first-order valence-electron chi connectivity index (χ1n) is 12.7. The largest absolute Gasteiger partial charge is 0.492 e. The third-order valence-corrected chi connectivity index (χ3v) is 7.68. The molecule has 0 saturated heterocycles. The van der Waals surface area contributed by atoms with Gasteiger partial charge in [0.2, 0.25) is 0 Å². The minimum absolute atomic E-state index is 0.0372. The van der Waals surface area contributed by atoms with Crippen LogP contribution in [0.3, 0.4) is 0 Å². The van der Waals surface area contributed by atoms with Crippen LogP contribution in [-0.2, 0) is 17.4 Å². The fourth-order valence-electron chi connectivity index (χ4n) is 4.30. The summed E-state index contributed by atoms with van der Waals surface area (Å²) in [6.45, 7) is 7.27. The standard InChI is InChI=1S/C28H42ClO4P/c1-4-5-10-24(20-26-14-13-22(2)23(3)19-26)12-9-17-33-28-16-15-25(21-27(28)29)11-7-6-8-18-34(30,31)32/h13-16,19,21,24H,4-12,17-18,20H2,1-3H3,(H2,30,31,32). The van der Waals surface area contributed by atoms with Crippen molar-refractivity contribution in [2.24, 2.45) is 5.92 Å². The zero-order valence-corrected chi connectivity index (χ0v) is 22.7. The van der Waals surface area contributed by atoms with Crippen LogP contribution in [-0.4, -0.2) is 22.6 Å². The van der Waals surface area contributed by atoms with Crippen LogP contribution >= 0.6 is 19.2 Å². The highest BCUT2D eigenvalue weighted by molar-refractivity contribution is 7.51. The molecule has 2 N–H and O–H groups in total. The highest BCUT2D eigenvalue weighted by Gasteiger charge is 2.12. The summed E-state index contributed by atoms with van der Waals surface area (Å²) in [5.41, 5.74) is 5.28. The lowest BCUT2D eigenvalue weighted by Gasteiger charge is -2.18. The van der Waals surface area contributed by atoms with Gasteiger partial charge in [0.1, 0.15) is 5.75 Å². The van der Waals surface area contributed by atoms with Crippen molar-refractivity contribution in [2.45, 2.75) is 85.0 Å². The fraction of sp³-hybridized carbons (Fsp3) is 0.571. The molecule has 0 amide bonds. The normalized spacial score (nSPS) is 12.6. The van der Waals surface area contributed by atoms with E-state index >= 15 is 0 Å². The molecule has 0 saturated carbocycles. The van der Waals surface area contributed by atoms with Gasteiger partial charge in [0.15, 0.2) is 0 Å². The third kappa shape index (κ3) is 11.4. The summed E-state index contributed by atoms with van der Waals surface area (Å²) in [7, 11) is -3.88. The Morgan fingerprint density at radius 2 is 1.65 bits per heavy atom. The minimum Gasteiger partial charge on any atom is -0.492 e. The lowest BCUT2D eigenvalue weighted by molar-refractivity contribution is 0.286. The Morgan fingerprint density at radius 1 is 0.912 bits per heavy atom. The molecule has 2 aromatic carbocycles. The number of halogens is 1. The predicted octanol–water partition coefficient (Wildman–Crippen LogP) is 8.06. The molecular weight excluding hydrogens is 467 g/mol. The lowest BCUT2D eigenvalue weighted by Crippen LogP contribution is -2.08. The van der Waals surface area contributed by atoms with Crippen LogP contribution in [0.25, 0.3) is 0 Å². The van der Waals surface area contributed by atoms with Crippen LogP contribution < -0.4 is 4.74 Å². The number of ether oxygens (including phenoxy) is 1. The van der Waals surface area contributed by atoms with E-state index in [0.717, 1.165) is 49.8 Å². The maximum atomic E-state index is 10.9. The maximum absolute atomic E-state index is 10.9. The van der Waals surface area contributed by atoms with E-state index in [9.17, 15) is 4.57 Å². The summed E-state index contributed by atoms with van der Waals surface area (Å²) in [5, 5.41) is 0.630. The molecule has 2 rings (SSSR count). The van der Waals surface area contributed by atoms with Crippen LogP contribution in [0.5, 0.6) is 5.75 Å². The quantitative estimate of drug-likeness (QED) is 0.178. The van der Waals surface area contributed by atoms with Crippen LogP contribution in [0.15, 0.2) is 36.4 Å². The van der Waals surface area contributed by atoms with Gasteiger partial charge in [-0.1, -0.05) is 68.5 Å². The maximum Gasteiger partial charge on any atom is 0.325 e. The Balaban J connectivity index is 1.76. The molecule has 0 aliphatic rings. The van der Waals surface area contributed by atoms with Crippen LogP contribution in [0.2, 0.25) is 5.02 Å². The molecule has 0 aliphatic heterocycles. The molecule has 6 heteroatoms. The topological polar surface area (TPSA) is 66.8 Å². The van der Waals surface area contributed by atoms with Crippen LogP contribution in [0.1, 0.15) is 80.5 Å². The van der Waals surface area contributed by atoms with Crippen molar-refractivity contribution in [3.8, 4) is 5.75 Å². The highest BCUT2D eigenvalue weighted by Crippen LogP contribution is 2.35. The van der Waals surface area contributed by atoms with Gasteiger partial charge >= 0.3 is 7.60 Å². The van der Waals surface area contributed by atoms with E-state index in [2.05, 4.69) is 39.0 Å². The second-order valence-electron chi connectivity index (χ2n) is 9.59. The zero-order chi connectivity index (χ0) is 25.0. The van der Waals surface area contributed by atoms with E-state index in [-0.39, 0.29) is 6.16 Å². The van der Waals surface area contributed by atoms with Gasteiger partial charge in [-0.05, 0) is 92.7 Å². The second-order valence-corrected chi connectivity index (χ2v) is 11.8. The highest BCUT2D eigenvalue weighted by atomic mass is 35.5. The van der Waals surface area contributed by atoms with Crippen molar-refractivity contribution in [1.82, 2.24) is 0 Å². The fourth-order valence-corrected chi connectivity index (χ4v) is 5.19. The van der Waals surface area contributed by atoms with Crippen molar-refractivity contribution in [2.75, 3.05) is 12.8 Å². The van der Waals surface area contributed by atoms with Crippen molar-refractivity contribution >= 4 is 19.2 Å². The Hall–Kier alpha value is -1.32. The van der Waals surface area contributed by atoms with E-state index in [1.807, 2.05) is 18.2 Å². The van der Waals surface area contributed by atoms with Crippen LogP contribution in [0.4, 0.5) is 0 Å². The lowest BCUT2D eigenvalue weighted by atomic mass is 9.89. The summed E-state index contributed by atoms with van der Waals surface area (Å²) in [4.78, 5) is 17.8. The van der Waals surface area contributed by atoms with Crippen molar-refractivity contribution in [3.05, 3.63) is 63.7 Å². The number of hydrogen-bond acceptors (Lipinski definition) is 2. The second kappa shape index (κ2) is 14.9. The molecule has 0 aliphatic carbocycles. The molecule has 190 valence electrons. The molecule has 4 nitrogen and oxygen atoms in total. The zero-order valence-electron chi connectivity index (χ0n) is 21.1. The van der Waals surface area contributed by atoms with E-state index in [4.69, 9.17) is 26.1 Å². The van der Waals surface area contributed by atoms with Gasteiger partial charge < -0.3 is 14.5 Å². The summed E-state index contributed by atoms with van der Waals surface area (Å²) in [5.74, 6) is 1.40. The molecule has 0 radical (unpaired) electrons. The monoisotopic (exact) mass is 508 g/mol. The Bertz CT molecular complexity index is 925. The number of benzene rings is 2. The SMILES string of the molecule is CCCCC(CCCOc1ccc(CCCCCP(=O)(O)O)cc1Cl)Cc1ccc(C)c(C)c1. The third-order valence-electron chi connectivity index (χ3n) is 6.49. The molecule has 0 aromatic heterocycles. The van der Waals surface area contributed by atoms with Gasteiger partial charge in [-0.2, -0.15) is 0 Å². The Morgan fingerprint density at radius 3 is 2.32 bits per heavy atom. The molecule has 0 fully saturated rings. The molecule has 1 atom stereocenters. The van der Waals surface area contributed by atoms with E-state index in [1.54, 1.807) is 0 Å². The first kappa shape index (κ1) is 28.9. The average molecular weight is 509 g/mol. The summed E-state index contributed by atoms with van der Waals surface area (Å²) >= 11 is 6.45. The molecular formula is C28H42ClO4P. The Labute approximate surface area is 211 Å². The number of aryl methyl sites for hydroxylation is 3. The van der Waals surface area contributed by atoms with Crippen molar-refractivity contribution < 1.29 is 19.1 Å². The van der Waals surface area contributed by atoms with Gasteiger partial charge in [0, 0.05) is 6.16 Å². The summed E-state index contributed by atoms with van der Waals surface area (Å²) < 4.78 is 16.9. The van der Waals surface area contributed by atoms with E-state index in [1.165, 1.54) is 36.0 Å². The van der Waals surface area contributed by atoms with E-state index in [0.29, 0.717) is 24.0 Å². The van der Waals surface area contributed by atoms with Gasteiger partial charge in [0.05, 0.1) is 11.6 Å². The molecule has 1 unspecified atom stereocenters. The number of unbranched alkanes of at least 4 members (excludes halogenated alkanes) is 3. The first-order valence-corrected chi connectivity index (χ1v) is 14.9. The smallest absolute Gasteiger partial charge is 0.325 e. The van der Waals surface area contributed by atoms with Gasteiger partial charge in [-0.15, -0.1) is 0 Å². The van der Waals surface area contributed by atoms with Gasteiger partial charge in [0.25, 0.3) is 0 Å². The van der Waals surface area contributed by atoms with Crippen molar-refractivity contribution in [1.29, 1.82) is 0 Å².